The molecule has 1 unspecified atom stereocenters. The van der Waals surface area contributed by atoms with Crippen molar-refractivity contribution in [1.82, 2.24) is 4.90 Å². The first-order chi connectivity index (χ1) is 8.61. The zero-order valence-corrected chi connectivity index (χ0v) is 11.4. The van der Waals surface area contributed by atoms with Crippen molar-refractivity contribution in [2.45, 2.75) is 6.10 Å². The van der Waals surface area contributed by atoms with Gasteiger partial charge in [0.1, 0.15) is 0 Å². The Balaban J connectivity index is 2.17. The maximum absolute atomic E-state index is 12.3. The van der Waals surface area contributed by atoms with Gasteiger partial charge in [-0.3, -0.25) is 4.79 Å². The monoisotopic (exact) mass is 314 g/mol. The minimum Gasteiger partial charge on any atom is -0.399 e. The first-order valence-corrected chi connectivity index (χ1v) is 6.48. The highest BCUT2D eigenvalue weighted by molar-refractivity contribution is 9.10. The predicted octanol–water partition coefficient (Wildman–Crippen LogP) is 0.865. The molecule has 0 saturated carbocycles. The quantitative estimate of drug-likeness (QED) is 0.794. The molecule has 0 radical (unpaired) electrons. The van der Waals surface area contributed by atoms with Crippen LogP contribution in [0.15, 0.2) is 22.7 Å². The second kappa shape index (κ2) is 5.69. The summed E-state index contributed by atoms with van der Waals surface area (Å²) >= 11 is 3.35. The first kappa shape index (κ1) is 13.3. The third-order valence-corrected chi connectivity index (χ3v) is 3.54. The van der Waals surface area contributed by atoms with Gasteiger partial charge in [0.15, 0.2) is 0 Å². The molecule has 5 nitrogen and oxygen atoms in total. The van der Waals surface area contributed by atoms with Crippen molar-refractivity contribution in [1.29, 1.82) is 0 Å². The van der Waals surface area contributed by atoms with Crippen LogP contribution in [0.3, 0.4) is 0 Å². The van der Waals surface area contributed by atoms with E-state index in [0.717, 1.165) is 0 Å². The number of benzene rings is 1. The van der Waals surface area contributed by atoms with E-state index in [9.17, 15) is 4.79 Å². The fourth-order valence-electron chi connectivity index (χ4n) is 1.89. The van der Waals surface area contributed by atoms with Crippen molar-refractivity contribution in [3.8, 4) is 0 Å². The average molecular weight is 315 g/mol. The third kappa shape index (κ3) is 2.82. The molecule has 0 spiro atoms. The molecule has 0 bridgehead atoms. The van der Waals surface area contributed by atoms with Crippen LogP contribution < -0.4 is 5.73 Å². The summed E-state index contributed by atoms with van der Waals surface area (Å²) in [6, 6.07) is 5.14. The molecule has 1 atom stereocenters. The second-order valence-electron chi connectivity index (χ2n) is 4.17. The van der Waals surface area contributed by atoms with E-state index < -0.39 is 0 Å². The van der Waals surface area contributed by atoms with Crippen molar-refractivity contribution < 1.29 is 14.6 Å². The minimum absolute atomic E-state index is 0.0815. The van der Waals surface area contributed by atoms with Crippen LogP contribution in [0.25, 0.3) is 0 Å². The average Bonchev–Trinajstić information content (AvgIpc) is 2.41. The lowest BCUT2D eigenvalue weighted by atomic mass is 10.1. The number of hydrogen-bond acceptors (Lipinski definition) is 4. The van der Waals surface area contributed by atoms with E-state index in [1.54, 1.807) is 23.1 Å². The van der Waals surface area contributed by atoms with Gasteiger partial charge in [0, 0.05) is 23.2 Å². The third-order valence-electron chi connectivity index (χ3n) is 2.85. The zero-order chi connectivity index (χ0) is 13.1. The molecular weight excluding hydrogens is 300 g/mol. The molecule has 1 aromatic rings. The number of amides is 1. The number of halogens is 1. The topological polar surface area (TPSA) is 75.8 Å². The lowest BCUT2D eigenvalue weighted by Gasteiger charge is -2.32. The van der Waals surface area contributed by atoms with Crippen LogP contribution in [0.1, 0.15) is 10.4 Å². The molecule has 1 saturated heterocycles. The maximum atomic E-state index is 12.3. The van der Waals surface area contributed by atoms with E-state index in [1.165, 1.54) is 0 Å². The van der Waals surface area contributed by atoms with E-state index in [1.807, 2.05) is 0 Å². The lowest BCUT2D eigenvalue weighted by Crippen LogP contribution is -2.47. The van der Waals surface area contributed by atoms with Crippen molar-refractivity contribution >= 4 is 27.5 Å². The maximum Gasteiger partial charge on any atom is 0.255 e. The van der Waals surface area contributed by atoms with Gasteiger partial charge in [-0.05, 0) is 34.1 Å². The van der Waals surface area contributed by atoms with Crippen LogP contribution in [0.5, 0.6) is 0 Å². The number of nitrogens with zero attached hydrogens (tertiary/aromatic N) is 1. The van der Waals surface area contributed by atoms with Crippen LogP contribution in [-0.4, -0.2) is 48.3 Å². The van der Waals surface area contributed by atoms with Gasteiger partial charge >= 0.3 is 0 Å². The largest absolute Gasteiger partial charge is 0.399 e. The summed E-state index contributed by atoms with van der Waals surface area (Å²) in [5, 5.41) is 9.07. The van der Waals surface area contributed by atoms with Crippen LogP contribution in [0.4, 0.5) is 5.69 Å². The van der Waals surface area contributed by atoms with Gasteiger partial charge in [0.25, 0.3) is 5.91 Å². The van der Waals surface area contributed by atoms with Gasteiger partial charge in [-0.25, -0.2) is 0 Å². The Labute approximate surface area is 114 Å². The summed E-state index contributed by atoms with van der Waals surface area (Å²) in [7, 11) is 0. The van der Waals surface area contributed by atoms with E-state index in [4.69, 9.17) is 15.6 Å². The molecule has 0 aromatic heterocycles. The fourth-order valence-corrected chi connectivity index (χ4v) is 2.31. The standard InChI is InChI=1S/C12H15BrN2O3/c13-11-2-1-8(14)5-10(11)12(17)15-3-4-18-9(6-15)7-16/h1-2,5,9,16H,3-4,6-7,14H2. The number of hydrogen-bond donors (Lipinski definition) is 2. The van der Waals surface area contributed by atoms with Crippen molar-refractivity contribution in [3.63, 3.8) is 0 Å². The number of anilines is 1. The van der Waals surface area contributed by atoms with Gasteiger partial charge in [0.05, 0.1) is 24.9 Å². The fraction of sp³-hybridized carbons (Fsp3) is 0.417. The number of ether oxygens (including phenoxy) is 1. The number of rotatable bonds is 2. The smallest absolute Gasteiger partial charge is 0.255 e. The molecule has 0 aliphatic carbocycles. The Bertz CT molecular complexity index is 453. The summed E-state index contributed by atoms with van der Waals surface area (Å²) < 4.78 is 6.03. The van der Waals surface area contributed by atoms with Gasteiger partial charge < -0.3 is 20.5 Å². The zero-order valence-electron chi connectivity index (χ0n) is 9.80. The molecule has 1 heterocycles. The van der Waals surface area contributed by atoms with Crippen LogP contribution in [0.2, 0.25) is 0 Å². The molecule has 1 fully saturated rings. The Morgan fingerprint density at radius 3 is 3.11 bits per heavy atom. The number of aliphatic hydroxyl groups is 1. The van der Waals surface area contributed by atoms with Crippen LogP contribution in [0, 0.1) is 0 Å². The molecule has 1 aliphatic rings. The number of morpholine rings is 1. The molecular formula is C12H15BrN2O3. The van der Waals surface area contributed by atoms with Gasteiger partial charge in [-0.2, -0.15) is 0 Å². The van der Waals surface area contributed by atoms with Gasteiger partial charge in [-0.1, -0.05) is 0 Å². The van der Waals surface area contributed by atoms with E-state index in [0.29, 0.717) is 35.4 Å². The number of nitrogen functional groups attached to an aromatic ring is 1. The van der Waals surface area contributed by atoms with Gasteiger partial charge in [-0.15, -0.1) is 0 Å². The van der Waals surface area contributed by atoms with E-state index in [-0.39, 0.29) is 18.6 Å². The van der Waals surface area contributed by atoms with Gasteiger partial charge in [0.2, 0.25) is 0 Å². The molecule has 1 amide bonds. The molecule has 18 heavy (non-hydrogen) atoms. The Hall–Kier alpha value is -1.11. The lowest BCUT2D eigenvalue weighted by molar-refractivity contribution is -0.0447. The number of carbonyl (C=O) groups excluding carboxylic acids is 1. The summed E-state index contributed by atoms with van der Waals surface area (Å²) in [4.78, 5) is 14.0. The number of aliphatic hydroxyl groups excluding tert-OH is 1. The molecule has 6 heteroatoms. The van der Waals surface area contributed by atoms with E-state index >= 15 is 0 Å². The highest BCUT2D eigenvalue weighted by Crippen LogP contribution is 2.22. The minimum atomic E-state index is -0.303. The summed E-state index contributed by atoms with van der Waals surface area (Å²) in [5.74, 6) is -0.101. The van der Waals surface area contributed by atoms with Crippen LogP contribution in [-0.2, 0) is 4.74 Å². The summed E-state index contributed by atoms with van der Waals surface area (Å²) in [6.07, 6.45) is -0.303. The Morgan fingerprint density at radius 2 is 2.39 bits per heavy atom. The van der Waals surface area contributed by atoms with Crippen LogP contribution >= 0.6 is 15.9 Å². The molecule has 98 valence electrons. The number of nitrogens with two attached hydrogens (primary N) is 1. The predicted molar refractivity (Wildman–Crippen MR) is 71.3 cm³/mol. The molecule has 3 N–H and O–H groups in total. The Kier molecular flexibility index (Phi) is 4.21. The highest BCUT2D eigenvalue weighted by atomic mass is 79.9. The molecule has 2 rings (SSSR count). The van der Waals surface area contributed by atoms with Crippen molar-refractivity contribution in [3.05, 3.63) is 28.2 Å². The summed E-state index contributed by atoms with van der Waals surface area (Å²) in [5.41, 5.74) is 6.78. The van der Waals surface area contributed by atoms with E-state index in [2.05, 4.69) is 15.9 Å². The molecule has 1 aromatic carbocycles. The van der Waals surface area contributed by atoms with Crippen molar-refractivity contribution in [2.24, 2.45) is 0 Å². The second-order valence-corrected chi connectivity index (χ2v) is 5.02. The normalized spacial score (nSPS) is 19.9. The number of carbonyl (C=O) groups is 1. The van der Waals surface area contributed by atoms with Crippen molar-refractivity contribution in [2.75, 3.05) is 32.0 Å². The highest BCUT2D eigenvalue weighted by Gasteiger charge is 2.25. The molecule has 1 aliphatic heterocycles. The SMILES string of the molecule is Nc1ccc(Br)c(C(=O)N2CCOC(CO)C2)c1. The Morgan fingerprint density at radius 1 is 1.61 bits per heavy atom. The first-order valence-electron chi connectivity index (χ1n) is 5.68. The summed E-state index contributed by atoms with van der Waals surface area (Å²) in [6.45, 7) is 1.28.